The van der Waals surface area contributed by atoms with Gasteiger partial charge >= 0.3 is 0 Å². The van der Waals surface area contributed by atoms with Gasteiger partial charge in [-0.2, -0.15) is 0 Å². The molecule has 0 saturated heterocycles. The number of rotatable bonds is 8. The highest BCUT2D eigenvalue weighted by Crippen LogP contribution is 2.30. The van der Waals surface area contributed by atoms with E-state index >= 15 is 0 Å². The summed E-state index contributed by atoms with van der Waals surface area (Å²) in [5.41, 5.74) is 1.36. The van der Waals surface area contributed by atoms with Gasteiger partial charge < -0.3 is 34.9 Å². The topological polar surface area (TPSA) is 157 Å². The lowest BCUT2D eigenvalue weighted by Crippen LogP contribution is -2.50. The Bertz CT molecular complexity index is 1870. The second kappa shape index (κ2) is 18.7. The normalized spacial score (nSPS) is 17.7. The van der Waals surface area contributed by atoms with Crippen LogP contribution in [0.4, 0.5) is 4.39 Å². The Kier molecular flexibility index (Phi) is 13.6. The molecular formula is C39H46FN7O6. The van der Waals surface area contributed by atoms with Crippen LogP contribution in [-0.2, 0) is 32.1 Å². The van der Waals surface area contributed by atoms with Crippen LogP contribution in [0, 0.1) is 18.2 Å². The molecular weight excluding hydrogens is 681 g/mol. The number of carbonyl (C=O) groups is 4. The third-order valence-corrected chi connectivity index (χ3v) is 9.29. The molecule has 1 unspecified atom stereocenters. The van der Waals surface area contributed by atoms with E-state index in [0.29, 0.717) is 18.6 Å². The standard InChI is InChI=1S/C39H46FN7O6/c1-28-42-18-21-47(28)34-8-4-3-7-30(34)24-44-38(51)39(15-22-52-2)23-29-10-12-31(13-11-29)53-26-36(49)43-16-6-20-46(19-5-9-35(48)45-27-39)37(50)32-14-17-41-25-33(32)40/h3-4,7-8,10-14,17-18,21,25H,5-6,9,15-16,19-20,22-24,26-27H2,1-2H3,(H,43,49)(H,44,51)(H,45,48). The molecule has 0 aliphatic carbocycles. The largest absolute Gasteiger partial charge is 0.484 e. The van der Waals surface area contributed by atoms with Gasteiger partial charge in [0.2, 0.25) is 11.8 Å². The molecule has 0 radical (unpaired) electrons. The van der Waals surface area contributed by atoms with Crippen LogP contribution in [0.5, 0.6) is 5.75 Å². The lowest BCUT2D eigenvalue weighted by molar-refractivity contribution is -0.133. The lowest BCUT2D eigenvalue weighted by Gasteiger charge is -2.33. The smallest absolute Gasteiger partial charge is 0.257 e. The zero-order valence-corrected chi connectivity index (χ0v) is 30.1. The van der Waals surface area contributed by atoms with Crippen LogP contribution in [0.25, 0.3) is 5.69 Å². The Morgan fingerprint density at radius 2 is 1.81 bits per heavy atom. The van der Waals surface area contributed by atoms with Crippen LogP contribution in [0.1, 0.15) is 53.0 Å². The number of methoxy groups -OCH3 is 1. The monoisotopic (exact) mass is 727 g/mol. The maximum Gasteiger partial charge on any atom is 0.257 e. The van der Waals surface area contributed by atoms with Gasteiger partial charge in [0.05, 0.1) is 22.9 Å². The number of benzene rings is 2. The van der Waals surface area contributed by atoms with E-state index in [4.69, 9.17) is 9.47 Å². The molecule has 6 rings (SSSR count). The first kappa shape index (κ1) is 38.6. The van der Waals surface area contributed by atoms with E-state index in [0.717, 1.165) is 28.8 Å². The Morgan fingerprint density at radius 1 is 1.02 bits per heavy atom. The van der Waals surface area contributed by atoms with Crippen molar-refractivity contribution in [2.24, 2.45) is 5.41 Å². The molecule has 2 aliphatic rings. The molecule has 3 N–H and O–H groups in total. The van der Waals surface area contributed by atoms with Crippen molar-refractivity contribution in [2.75, 3.05) is 46.5 Å². The van der Waals surface area contributed by atoms with E-state index in [2.05, 4.69) is 25.9 Å². The molecule has 2 aromatic carbocycles. The van der Waals surface area contributed by atoms with E-state index in [-0.39, 0.29) is 88.5 Å². The maximum absolute atomic E-state index is 14.5. The third-order valence-electron chi connectivity index (χ3n) is 9.29. The fourth-order valence-electron chi connectivity index (χ4n) is 6.31. The zero-order valence-electron chi connectivity index (χ0n) is 30.1. The zero-order chi connectivity index (χ0) is 37.6. The molecule has 0 saturated carbocycles. The van der Waals surface area contributed by atoms with Gasteiger partial charge in [-0.1, -0.05) is 30.3 Å². The number of para-hydroxylation sites is 1. The Labute approximate surface area is 308 Å². The van der Waals surface area contributed by atoms with Crippen molar-refractivity contribution in [1.29, 1.82) is 0 Å². The molecule has 2 aromatic heterocycles. The second-order valence-corrected chi connectivity index (χ2v) is 13.0. The van der Waals surface area contributed by atoms with Crippen molar-refractivity contribution >= 4 is 23.6 Å². The van der Waals surface area contributed by atoms with Crippen molar-refractivity contribution in [2.45, 2.75) is 45.6 Å². The highest BCUT2D eigenvalue weighted by molar-refractivity contribution is 5.94. The average molecular weight is 728 g/mol. The molecule has 2 aliphatic heterocycles. The molecule has 4 heterocycles. The van der Waals surface area contributed by atoms with Gasteiger partial charge in [0.25, 0.3) is 11.8 Å². The molecule has 53 heavy (non-hydrogen) atoms. The van der Waals surface area contributed by atoms with Gasteiger partial charge in [-0.05, 0) is 68.0 Å². The minimum atomic E-state index is -1.12. The summed E-state index contributed by atoms with van der Waals surface area (Å²) in [5, 5.41) is 8.92. The summed E-state index contributed by atoms with van der Waals surface area (Å²) in [5.74, 6) is -0.894. The van der Waals surface area contributed by atoms with Crippen LogP contribution in [0.3, 0.4) is 0 Å². The van der Waals surface area contributed by atoms with Crippen LogP contribution in [0.2, 0.25) is 0 Å². The molecule has 280 valence electrons. The molecule has 4 aromatic rings. The highest BCUT2D eigenvalue weighted by atomic mass is 19.1. The van der Waals surface area contributed by atoms with Crippen molar-refractivity contribution in [3.8, 4) is 11.4 Å². The van der Waals surface area contributed by atoms with E-state index in [9.17, 15) is 23.6 Å². The van der Waals surface area contributed by atoms with E-state index < -0.39 is 17.1 Å². The van der Waals surface area contributed by atoms with Crippen molar-refractivity contribution in [3.05, 3.63) is 108 Å². The third kappa shape index (κ3) is 10.5. The Hall–Kier alpha value is -5.63. The summed E-state index contributed by atoms with van der Waals surface area (Å²) >= 11 is 0. The number of ether oxygens (including phenoxy) is 2. The van der Waals surface area contributed by atoms with Crippen molar-refractivity contribution < 1.29 is 33.0 Å². The number of amides is 4. The van der Waals surface area contributed by atoms with Gasteiger partial charge in [-0.25, -0.2) is 9.37 Å². The summed E-state index contributed by atoms with van der Waals surface area (Å²) in [4.78, 5) is 63.2. The van der Waals surface area contributed by atoms with Crippen LogP contribution in [-0.4, -0.2) is 89.6 Å². The molecule has 14 heteroatoms. The predicted molar refractivity (Wildman–Crippen MR) is 195 cm³/mol. The van der Waals surface area contributed by atoms with Crippen molar-refractivity contribution in [3.63, 3.8) is 0 Å². The van der Waals surface area contributed by atoms with Gasteiger partial charge in [0.15, 0.2) is 12.4 Å². The SMILES string of the molecule is COCCC1(C(=O)NCc2ccccc2-n2ccnc2C)CNC(=O)CCCN(C(=O)c2ccncc2F)CCCNC(=O)COc2ccc(cc2)C1. The highest BCUT2D eigenvalue weighted by Gasteiger charge is 2.39. The fraction of sp³-hybridized carbons (Fsp3) is 0.385. The second-order valence-electron chi connectivity index (χ2n) is 13.0. The quantitative estimate of drug-likeness (QED) is 0.249. The maximum atomic E-state index is 14.5. The average Bonchev–Trinajstić information content (AvgIpc) is 3.60. The van der Waals surface area contributed by atoms with Gasteiger partial charge in [-0.15, -0.1) is 0 Å². The van der Waals surface area contributed by atoms with Gasteiger partial charge in [0.1, 0.15) is 11.6 Å². The van der Waals surface area contributed by atoms with Crippen LogP contribution < -0.4 is 20.7 Å². The summed E-state index contributed by atoms with van der Waals surface area (Å²) in [7, 11) is 1.56. The summed E-state index contributed by atoms with van der Waals surface area (Å²) < 4.78 is 27.6. The minimum Gasteiger partial charge on any atom is -0.484 e. The first-order valence-corrected chi connectivity index (χ1v) is 17.7. The van der Waals surface area contributed by atoms with Crippen molar-refractivity contribution in [1.82, 2.24) is 35.4 Å². The first-order valence-electron chi connectivity index (χ1n) is 17.7. The number of halogens is 1. The van der Waals surface area contributed by atoms with E-state index in [1.165, 1.54) is 17.2 Å². The molecule has 4 amide bonds. The predicted octanol–water partition coefficient (Wildman–Crippen LogP) is 3.53. The Morgan fingerprint density at radius 3 is 2.57 bits per heavy atom. The number of imidazole rings is 1. The van der Waals surface area contributed by atoms with Crippen LogP contribution >= 0.6 is 0 Å². The van der Waals surface area contributed by atoms with Gasteiger partial charge in [0, 0.05) is 71.5 Å². The molecule has 0 fully saturated rings. The number of aryl methyl sites for hydroxylation is 1. The number of hydrogen-bond donors (Lipinski definition) is 3. The number of carbonyl (C=O) groups excluding carboxylic acids is 4. The molecule has 1 atom stereocenters. The lowest BCUT2D eigenvalue weighted by atomic mass is 9.77. The first-order chi connectivity index (χ1) is 25.7. The summed E-state index contributed by atoms with van der Waals surface area (Å²) in [6.45, 7) is 2.85. The van der Waals surface area contributed by atoms with E-state index in [1.807, 2.05) is 54.1 Å². The molecule has 13 nitrogen and oxygen atoms in total. The minimum absolute atomic E-state index is 0.0204. The van der Waals surface area contributed by atoms with Crippen LogP contribution in [0.15, 0.2) is 79.4 Å². The number of nitrogens with one attached hydrogen (secondary N) is 3. The fourth-order valence-corrected chi connectivity index (χ4v) is 6.31. The van der Waals surface area contributed by atoms with E-state index in [1.54, 1.807) is 25.4 Å². The summed E-state index contributed by atoms with van der Waals surface area (Å²) in [6, 6.07) is 16.2. The number of hydrogen-bond acceptors (Lipinski definition) is 8. The number of pyridine rings is 1. The number of fused-ring (bicyclic) bond motifs is 17. The van der Waals surface area contributed by atoms with Gasteiger partial charge in [-0.3, -0.25) is 24.2 Å². The number of aromatic nitrogens is 3. The summed E-state index contributed by atoms with van der Waals surface area (Å²) in [6.07, 6.45) is 7.23. The molecule has 2 bridgehead atoms. The molecule has 0 spiro atoms. The Balaban J connectivity index is 1.38. The number of nitrogens with zero attached hydrogens (tertiary/aromatic N) is 4.